The molecule has 106 valence electrons. The van der Waals surface area contributed by atoms with Crippen LogP contribution in [0.3, 0.4) is 0 Å². The highest BCUT2D eigenvalue weighted by Gasteiger charge is 2.22. The first-order valence-corrected chi connectivity index (χ1v) is 6.49. The molecule has 3 rings (SSSR count). The maximum Gasteiger partial charge on any atom is 0.190 e. The van der Waals surface area contributed by atoms with E-state index in [0.29, 0.717) is 6.07 Å². The number of para-hydroxylation sites is 1. The number of carbonyl (C=O) groups is 1. The molecule has 21 heavy (non-hydrogen) atoms. The van der Waals surface area contributed by atoms with Crippen LogP contribution < -0.4 is 0 Å². The number of ketones is 1. The topological polar surface area (TPSA) is 34.9 Å². The minimum absolute atomic E-state index is 0.136. The standard InChI is InChI=1S/C16H12F2N2O/c1-10(16(21)13-7-6-12(17)8-14(13)18)20-15-5-3-2-4-11(15)9-19-20/h2-10H,1H3. The molecule has 0 amide bonds. The summed E-state index contributed by atoms with van der Waals surface area (Å²) in [4.78, 5) is 12.4. The van der Waals surface area contributed by atoms with Gasteiger partial charge in [-0.3, -0.25) is 9.48 Å². The smallest absolute Gasteiger partial charge is 0.190 e. The molecule has 0 aliphatic heterocycles. The van der Waals surface area contributed by atoms with Gasteiger partial charge < -0.3 is 0 Å². The summed E-state index contributed by atoms with van der Waals surface area (Å²) in [7, 11) is 0. The third-order valence-corrected chi connectivity index (χ3v) is 3.45. The fourth-order valence-electron chi connectivity index (χ4n) is 2.33. The second-order valence-corrected chi connectivity index (χ2v) is 4.81. The minimum Gasteiger partial charge on any atom is -0.292 e. The number of hydrogen-bond donors (Lipinski definition) is 0. The Morgan fingerprint density at radius 2 is 1.95 bits per heavy atom. The summed E-state index contributed by atoms with van der Waals surface area (Å²) in [6.07, 6.45) is 1.65. The predicted molar refractivity (Wildman–Crippen MR) is 75.1 cm³/mol. The zero-order chi connectivity index (χ0) is 15.0. The molecule has 1 aromatic heterocycles. The van der Waals surface area contributed by atoms with Crippen molar-refractivity contribution < 1.29 is 13.6 Å². The Morgan fingerprint density at radius 3 is 2.71 bits per heavy atom. The van der Waals surface area contributed by atoms with E-state index >= 15 is 0 Å². The lowest BCUT2D eigenvalue weighted by atomic mass is 10.0. The molecule has 0 spiro atoms. The highest BCUT2D eigenvalue weighted by atomic mass is 19.1. The average Bonchev–Trinajstić information content (AvgIpc) is 2.90. The third-order valence-electron chi connectivity index (χ3n) is 3.45. The van der Waals surface area contributed by atoms with Crippen LogP contribution in [0.4, 0.5) is 8.78 Å². The summed E-state index contributed by atoms with van der Waals surface area (Å²) in [6, 6.07) is 9.71. The van der Waals surface area contributed by atoms with Gasteiger partial charge in [-0.15, -0.1) is 0 Å². The van der Waals surface area contributed by atoms with Gasteiger partial charge in [0, 0.05) is 11.5 Å². The fraction of sp³-hybridized carbons (Fsp3) is 0.125. The Balaban J connectivity index is 2.01. The van der Waals surface area contributed by atoms with E-state index in [1.807, 2.05) is 24.3 Å². The molecular formula is C16H12F2N2O. The van der Waals surface area contributed by atoms with Crippen molar-refractivity contribution in [3.63, 3.8) is 0 Å². The molecule has 1 unspecified atom stereocenters. The molecule has 3 aromatic rings. The number of fused-ring (bicyclic) bond motifs is 1. The van der Waals surface area contributed by atoms with Gasteiger partial charge in [-0.1, -0.05) is 18.2 Å². The highest BCUT2D eigenvalue weighted by Crippen LogP contribution is 2.22. The van der Waals surface area contributed by atoms with Crippen molar-refractivity contribution in [1.29, 1.82) is 0 Å². The molecule has 1 atom stereocenters. The number of carbonyl (C=O) groups excluding carboxylic acids is 1. The Morgan fingerprint density at radius 1 is 1.19 bits per heavy atom. The van der Waals surface area contributed by atoms with Gasteiger partial charge in [0.25, 0.3) is 0 Å². The first kappa shape index (κ1) is 13.4. The molecule has 3 nitrogen and oxygen atoms in total. The van der Waals surface area contributed by atoms with Gasteiger partial charge in [0.15, 0.2) is 5.78 Å². The molecule has 1 heterocycles. The number of aromatic nitrogens is 2. The summed E-state index contributed by atoms with van der Waals surface area (Å²) in [6.45, 7) is 1.64. The van der Waals surface area contributed by atoms with Crippen LogP contribution in [0.5, 0.6) is 0 Å². The zero-order valence-corrected chi connectivity index (χ0v) is 11.3. The minimum atomic E-state index is -0.858. The fourth-order valence-corrected chi connectivity index (χ4v) is 2.33. The van der Waals surface area contributed by atoms with E-state index in [4.69, 9.17) is 0 Å². The van der Waals surface area contributed by atoms with Crippen molar-refractivity contribution in [2.24, 2.45) is 0 Å². The predicted octanol–water partition coefficient (Wildman–Crippen LogP) is 3.76. The zero-order valence-electron chi connectivity index (χ0n) is 11.3. The molecule has 2 aromatic carbocycles. The van der Waals surface area contributed by atoms with Gasteiger partial charge in [0.05, 0.1) is 17.3 Å². The molecule has 0 radical (unpaired) electrons. The number of benzene rings is 2. The lowest BCUT2D eigenvalue weighted by Crippen LogP contribution is -2.19. The molecule has 0 saturated carbocycles. The van der Waals surface area contributed by atoms with Gasteiger partial charge in [-0.05, 0) is 25.1 Å². The molecule has 0 aliphatic carbocycles. The van der Waals surface area contributed by atoms with Crippen molar-refractivity contribution in [1.82, 2.24) is 9.78 Å². The van der Waals surface area contributed by atoms with Crippen molar-refractivity contribution >= 4 is 16.7 Å². The lowest BCUT2D eigenvalue weighted by molar-refractivity contribution is 0.0926. The number of rotatable bonds is 3. The first-order chi connectivity index (χ1) is 10.1. The first-order valence-electron chi connectivity index (χ1n) is 6.49. The summed E-state index contributed by atoms with van der Waals surface area (Å²) >= 11 is 0. The molecule has 0 aliphatic rings. The SMILES string of the molecule is CC(C(=O)c1ccc(F)cc1F)n1ncc2ccccc21. The van der Waals surface area contributed by atoms with Crippen molar-refractivity contribution in [3.8, 4) is 0 Å². The Labute approximate surface area is 119 Å². The van der Waals surface area contributed by atoms with Crippen LogP contribution in [0.15, 0.2) is 48.7 Å². The van der Waals surface area contributed by atoms with Gasteiger partial charge in [0.1, 0.15) is 17.7 Å². The van der Waals surface area contributed by atoms with Crippen molar-refractivity contribution in [3.05, 3.63) is 65.9 Å². The van der Waals surface area contributed by atoms with E-state index in [0.717, 1.165) is 23.0 Å². The largest absolute Gasteiger partial charge is 0.292 e. The van der Waals surface area contributed by atoms with Crippen LogP contribution in [0, 0.1) is 11.6 Å². The van der Waals surface area contributed by atoms with Gasteiger partial charge in [0.2, 0.25) is 0 Å². The molecule has 0 fully saturated rings. The van der Waals surface area contributed by atoms with Crippen LogP contribution in [0.1, 0.15) is 23.3 Å². The monoisotopic (exact) mass is 286 g/mol. The summed E-state index contributed by atoms with van der Waals surface area (Å²) in [5, 5.41) is 5.09. The van der Waals surface area contributed by atoms with Crippen LogP contribution in [0.25, 0.3) is 10.9 Å². The average molecular weight is 286 g/mol. The van der Waals surface area contributed by atoms with E-state index in [-0.39, 0.29) is 5.56 Å². The van der Waals surface area contributed by atoms with Crippen molar-refractivity contribution in [2.45, 2.75) is 13.0 Å². The number of hydrogen-bond acceptors (Lipinski definition) is 2. The van der Waals surface area contributed by atoms with Crippen LogP contribution in [-0.2, 0) is 0 Å². The second kappa shape index (κ2) is 5.09. The Kier molecular flexibility index (Phi) is 3.25. The molecule has 5 heteroatoms. The summed E-state index contributed by atoms with van der Waals surface area (Å²) < 4.78 is 28.2. The van der Waals surface area contributed by atoms with E-state index in [2.05, 4.69) is 5.10 Å². The molecule has 0 N–H and O–H groups in total. The highest BCUT2D eigenvalue weighted by molar-refractivity contribution is 5.99. The van der Waals surface area contributed by atoms with Crippen LogP contribution >= 0.6 is 0 Å². The maximum absolute atomic E-state index is 13.7. The van der Waals surface area contributed by atoms with Gasteiger partial charge >= 0.3 is 0 Å². The summed E-state index contributed by atoms with van der Waals surface area (Å²) in [5.41, 5.74) is 0.657. The summed E-state index contributed by atoms with van der Waals surface area (Å²) in [5.74, 6) is -2.01. The Hall–Kier alpha value is -2.56. The van der Waals surface area contributed by atoms with Crippen molar-refractivity contribution in [2.75, 3.05) is 0 Å². The van der Waals surface area contributed by atoms with Crippen LogP contribution in [-0.4, -0.2) is 15.6 Å². The van der Waals surface area contributed by atoms with Gasteiger partial charge in [-0.25, -0.2) is 8.78 Å². The van der Waals surface area contributed by atoms with E-state index in [9.17, 15) is 13.6 Å². The van der Waals surface area contributed by atoms with Gasteiger partial charge in [-0.2, -0.15) is 5.10 Å². The molecule has 0 saturated heterocycles. The maximum atomic E-state index is 13.7. The number of Topliss-reactive ketones (excluding diaryl/α,β-unsaturated/α-hetero) is 1. The lowest BCUT2D eigenvalue weighted by Gasteiger charge is -2.13. The normalized spacial score (nSPS) is 12.5. The number of nitrogens with zero attached hydrogens (tertiary/aromatic N) is 2. The van der Waals surface area contributed by atoms with Crippen LogP contribution in [0.2, 0.25) is 0 Å². The van der Waals surface area contributed by atoms with E-state index < -0.39 is 23.5 Å². The van der Waals surface area contributed by atoms with E-state index in [1.54, 1.807) is 17.8 Å². The van der Waals surface area contributed by atoms with E-state index in [1.165, 1.54) is 0 Å². The second-order valence-electron chi connectivity index (χ2n) is 4.81. The molecular weight excluding hydrogens is 274 g/mol. The third kappa shape index (κ3) is 2.31. The quantitative estimate of drug-likeness (QED) is 0.687. The number of halogens is 2. The Bertz CT molecular complexity index is 826. The molecule has 0 bridgehead atoms.